The van der Waals surface area contributed by atoms with Crippen molar-refractivity contribution < 1.29 is 0 Å². The fraction of sp³-hybridized carbons (Fsp3) is 0.500. The van der Waals surface area contributed by atoms with Crippen molar-refractivity contribution in [2.45, 2.75) is 13.5 Å². The summed E-state index contributed by atoms with van der Waals surface area (Å²) in [4.78, 5) is 13.5. The van der Waals surface area contributed by atoms with Gasteiger partial charge in [-0.1, -0.05) is 0 Å². The van der Waals surface area contributed by atoms with Crippen LogP contribution in [0.25, 0.3) is 0 Å². The molecule has 0 radical (unpaired) electrons. The van der Waals surface area contributed by atoms with Gasteiger partial charge in [0.15, 0.2) is 0 Å². The van der Waals surface area contributed by atoms with Gasteiger partial charge in [-0.15, -0.1) is 0 Å². The first-order valence-electron chi connectivity index (χ1n) is 5.57. The summed E-state index contributed by atoms with van der Waals surface area (Å²) in [5.74, 6) is -0.00225. The van der Waals surface area contributed by atoms with Gasteiger partial charge in [0.2, 0.25) is 0 Å². The second-order valence-electron chi connectivity index (χ2n) is 4.29. The fourth-order valence-electron chi connectivity index (χ4n) is 1.60. The predicted octanol–water partition coefficient (Wildman–Crippen LogP) is 0.522. The fourth-order valence-corrected chi connectivity index (χ4v) is 1.60. The molecule has 1 rings (SSSR count). The SMILES string of the molecule is CC(C#N)CN(C)CCn1cc(N)ccc1=O. The quantitative estimate of drug-likeness (QED) is 0.806. The topological polar surface area (TPSA) is 75.1 Å². The first kappa shape index (κ1) is 13.3. The van der Waals surface area contributed by atoms with E-state index in [2.05, 4.69) is 6.07 Å². The van der Waals surface area contributed by atoms with Gasteiger partial charge in [0.25, 0.3) is 5.56 Å². The number of hydrogen-bond acceptors (Lipinski definition) is 4. The molecular formula is C12H18N4O. The van der Waals surface area contributed by atoms with E-state index in [0.717, 1.165) is 6.54 Å². The Hall–Kier alpha value is -1.80. The Balaban J connectivity index is 2.53. The van der Waals surface area contributed by atoms with Gasteiger partial charge in [-0.3, -0.25) is 4.79 Å². The second-order valence-corrected chi connectivity index (χ2v) is 4.29. The van der Waals surface area contributed by atoms with E-state index < -0.39 is 0 Å². The molecule has 0 spiro atoms. The van der Waals surface area contributed by atoms with Crippen molar-refractivity contribution in [3.63, 3.8) is 0 Å². The van der Waals surface area contributed by atoms with Crippen LogP contribution in [0.1, 0.15) is 6.92 Å². The Kier molecular flexibility index (Phi) is 4.73. The summed E-state index contributed by atoms with van der Waals surface area (Å²) in [6.45, 7) is 3.88. The van der Waals surface area contributed by atoms with Crippen molar-refractivity contribution in [2.75, 3.05) is 25.9 Å². The molecule has 0 aliphatic carbocycles. The van der Waals surface area contributed by atoms with E-state index in [1.54, 1.807) is 16.8 Å². The third-order valence-corrected chi connectivity index (χ3v) is 2.53. The molecule has 5 nitrogen and oxygen atoms in total. The summed E-state index contributed by atoms with van der Waals surface area (Å²) in [5.41, 5.74) is 6.15. The minimum Gasteiger partial charge on any atom is -0.398 e. The van der Waals surface area contributed by atoms with E-state index in [4.69, 9.17) is 11.0 Å². The van der Waals surface area contributed by atoms with Crippen LogP contribution in [-0.4, -0.2) is 29.6 Å². The molecule has 0 fully saturated rings. The Bertz CT molecular complexity index is 460. The van der Waals surface area contributed by atoms with Crippen LogP contribution in [0, 0.1) is 17.2 Å². The first-order chi connectivity index (χ1) is 8.02. The Labute approximate surface area is 101 Å². The summed E-state index contributed by atoms with van der Waals surface area (Å²) in [6, 6.07) is 5.25. The van der Waals surface area contributed by atoms with Gasteiger partial charge in [0.1, 0.15) is 0 Å². The second kappa shape index (κ2) is 6.06. The lowest BCUT2D eigenvalue weighted by molar-refractivity contribution is 0.296. The van der Waals surface area contributed by atoms with Gasteiger partial charge in [0, 0.05) is 37.6 Å². The van der Waals surface area contributed by atoms with Gasteiger partial charge >= 0.3 is 0 Å². The Morgan fingerprint density at radius 3 is 2.94 bits per heavy atom. The zero-order valence-corrected chi connectivity index (χ0v) is 10.3. The minimum atomic E-state index is -0.0547. The molecule has 0 aliphatic rings. The van der Waals surface area contributed by atoms with Crippen LogP contribution in [0.3, 0.4) is 0 Å². The molecule has 2 N–H and O–H groups in total. The van der Waals surface area contributed by atoms with Crippen LogP contribution < -0.4 is 11.3 Å². The number of nitrogen functional groups attached to an aromatic ring is 1. The lowest BCUT2D eigenvalue weighted by Gasteiger charge is -2.18. The molecular weight excluding hydrogens is 216 g/mol. The van der Waals surface area contributed by atoms with Gasteiger partial charge in [-0.05, 0) is 20.0 Å². The molecule has 1 aromatic heterocycles. The molecule has 1 aromatic rings. The van der Waals surface area contributed by atoms with E-state index in [0.29, 0.717) is 18.8 Å². The Morgan fingerprint density at radius 1 is 1.59 bits per heavy atom. The highest BCUT2D eigenvalue weighted by atomic mass is 16.1. The molecule has 17 heavy (non-hydrogen) atoms. The van der Waals surface area contributed by atoms with E-state index in [1.807, 2.05) is 18.9 Å². The van der Waals surface area contributed by atoms with Crippen LogP contribution in [0.5, 0.6) is 0 Å². The van der Waals surface area contributed by atoms with Crippen molar-refractivity contribution in [2.24, 2.45) is 5.92 Å². The zero-order chi connectivity index (χ0) is 12.8. The Morgan fingerprint density at radius 2 is 2.29 bits per heavy atom. The number of nitrogens with two attached hydrogens (primary N) is 1. The molecule has 1 atom stereocenters. The predicted molar refractivity (Wildman–Crippen MR) is 67.4 cm³/mol. The van der Waals surface area contributed by atoms with Crippen molar-refractivity contribution in [1.82, 2.24) is 9.47 Å². The summed E-state index contributed by atoms with van der Waals surface area (Å²) in [7, 11) is 1.94. The standard InChI is InChI=1S/C12H18N4O/c1-10(7-13)8-15(2)5-6-16-9-11(14)3-4-12(16)17/h3-4,9-10H,5-6,8,14H2,1-2H3. The van der Waals surface area contributed by atoms with E-state index in [9.17, 15) is 4.79 Å². The summed E-state index contributed by atoms with van der Waals surface area (Å²) in [6.07, 6.45) is 1.64. The molecule has 0 saturated heterocycles. The summed E-state index contributed by atoms with van der Waals surface area (Å²) >= 11 is 0. The van der Waals surface area contributed by atoms with Gasteiger partial charge in [-0.2, -0.15) is 5.26 Å². The molecule has 5 heteroatoms. The molecule has 0 amide bonds. The van der Waals surface area contributed by atoms with Crippen LogP contribution in [0.4, 0.5) is 5.69 Å². The lowest BCUT2D eigenvalue weighted by Crippen LogP contribution is -2.30. The van der Waals surface area contributed by atoms with Crippen LogP contribution >= 0.6 is 0 Å². The molecule has 0 aromatic carbocycles. The third kappa shape index (κ3) is 4.29. The van der Waals surface area contributed by atoms with Gasteiger partial charge in [-0.25, -0.2) is 0 Å². The van der Waals surface area contributed by atoms with Crippen LogP contribution in [-0.2, 0) is 6.54 Å². The number of hydrogen-bond donors (Lipinski definition) is 1. The number of rotatable bonds is 5. The number of anilines is 1. The van der Waals surface area contributed by atoms with Crippen molar-refractivity contribution in [3.8, 4) is 6.07 Å². The summed E-state index contributed by atoms with van der Waals surface area (Å²) < 4.78 is 1.59. The molecule has 0 bridgehead atoms. The normalized spacial score (nSPS) is 12.4. The highest BCUT2D eigenvalue weighted by Gasteiger charge is 2.05. The highest BCUT2D eigenvalue weighted by molar-refractivity contribution is 5.33. The van der Waals surface area contributed by atoms with Gasteiger partial charge in [0.05, 0.1) is 12.0 Å². The average Bonchev–Trinajstić information content (AvgIpc) is 2.30. The largest absolute Gasteiger partial charge is 0.398 e. The van der Waals surface area contributed by atoms with Crippen LogP contribution in [0.15, 0.2) is 23.1 Å². The van der Waals surface area contributed by atoms with Crippen molar-refractivity contribution in [1.29, 1.82) is 5.26 Å². The minimum absolute atomic E-state index is 0.00225. The number of nitriles is 1. The number of likely N-dealkylation sites (N-methyl/N-ethyl adjacent to an activating group) is 1. The molecule has 1 unspecified atom stereocenters. The number of aromatic nitrogens is 1. The first-order valence-corrected chi connectivity index (χ1v) is 5.57. The van der Waals surface area contributed by atoms with E-state index in [-0.39, 0.29) is 11.5 Å². The average molecular weight is 234 g/mol. The van der Waals surface area contributed by atoms with Crippen molar-refractivity contribution >= 4 is 5.69 Å². The van der Waals surface area contributed by atoms with E-state index >= 15 is 0 Å². The summed E-state index contributed by atoms with van der Waals surface area (Å²) in [5, 5.41) is 8.70. The van der Waals surface area contributed by atoms with Gasteiger partial charge < -0.3 is 15.2 Å². The molecule has 0 aliphatic heterocycles. The molecule has 1 heterocycles. The number of pyridine rings is 1. The highest BCUT2D eigenvalue weighted by Crippen LogP contribution is 1.98. The third-order valence-electron chi connectivity index (χ3n) is 2.53. The maximum Gasteiger partial charge on any atom is 0.250 e. The zero-order valence-electron chi connectivity index (χ0n) is 10.3. The maximum atomic E-state index is 11.5. The maximum absolute atomic E-state index is 11.5. The number of nitrogens with zero attached hydrogens (tertiary/aromatic N) is 3. The molecule has 92 valence electrons. The van der Waals surface area contributed by atoms with Crippen molar-refractivity contribution in [3.05, 3.63) is 28.7 Å². The van der Waals surface area contributed by atoms with E-state index in [1.165, 1.54) is 6.07 Å². The molecule has 0 saturated carbocycles. The lowest BCUT2D eigenvalue weighted by atomic mass is 10.2. The van der Waals surface area contributed by atoms with Crippen LogP contribution in [0.2, 0.25) is 0 Å². The monoisotopic (exact) mass is 234 g/mol. The smallest absolute Gasteiger partial charge is 0.250 e.